The van der Waals surface area contributed by atoms with Crippen LogP contribution in [0.5, 0.6) is 11.5 Å². The zero-order valence-electron chi connectivity index (χ0n) is 12.8. The quantitative estimate of drug-likeness (QED) is 0.685. The van der Waals surface area contributed by atoms with Gasteiger partial charge in [0.1, 0.15) is 5.82 Å². The van der Waals surface area contributed by atoms with Crippen LogP contribution in [0, 0.1) is 11.7 Å². The van der Waals surface area contributed by atoms with Crippen LogP contribution in [0.4, 0.5) is 4.39 Å². The molecule has 1 atom stereocenters. The number of methoxy groups -OCH3 is 2. The topological polar surface area (TPSA) is 18.5 Å². The molecule has 1 aromatic carbocycles. The molecule has 0 aromatic heterocycles. The second-order valence-corrected chi connectivity index (χ2v) is 6.21. The van der Waals surface area contributed by atoms with E-state index in [2.05, 4.69) is 0 Å². The lowest BCUT2D eigenvalue weighted by Crippen LogP contribution is -2.12. The Morgan fingerprint density at radius 3 is 2.10 bits per heavy atom. The molecule has 0 radical (unpaired) electrons. The number of hydrogen-bond acceptors (Lipinski definition) is 2. The first-order valence-electron chi connectivity index (χ1n) is 7.73. The largest absolute Gasteiger partial charge is 0.493 e. The molecule has 118 valence electrons. The minimum atomic E-state index is -0.310. The molecule has 2 nitrogen and oxygen atoms in total. The molecule has 1 aromatic rings. The van der Waals surface area contributed by atoms with Crippen LogP contribution in [-0.2, 0) is 0 Å². The minimum Gasteiger partial charge on any atom is -0.493 e. The van der Waals surface area contributed by atoms with Gasteiger partial charge in [-0.25, -0.2) is 4.39 Å². The minimum absolute atomic E-state index is 0.303. The molecule has 1 aliphatic rings. The Hall–Kier alpha value is -0.960. The maximum Gasteiger partial charge on any atom is 0.163 e. The first-order valence-corrected chi connectivity index (χ1v) is 8.16. The standard InChI is InChI=1S/C17H24ClFO2/c1-20-15-10-13(14(19)11-16(15)21-2)17(18)12-8-6-4-3-5-7-9-12/h10-12,17H,3-9H2,1-2H3. The van der Waals surface area contributed by atoms with Gasteiger partial charge in [0.05, 0.1) is 19.6 Å². The molecule has 1 saturated carbocycles. The lowest BCUT2D eigenvalue weighted by molar-refractivity contribution is 0.345. The second kappa shape index (κ2) is 7.88. The summed E-state index contributed by atoms with van der Waals surface area (Å²) in [6.45, 7) is 0. The Labute approximate surface area is 131 Å². The predicted octanol–water partition coefficient (Wildman–Crippen LogP) is 5.48. The summed E-state index contributed by atoms with van der Waals surface area (Å²) < 4.78 is 24.7. The number of halogens is 2. The van der Waals surface area contributed by atoms with Crippen LogP contribution in [0.1, 0.15) is 55.9 Å². The van der Waals surface area contributed by atoms with Gasteiger partial charge in [-0.15, -0.1) is 11.6 Å². The fourth-order valence-electron chi connectivity index (χ4n) is 3.12. The summed E-state index contributed by atoms with van der Waals surface area (Å²) >= 11 is 6.60. The molecule has 2 rings (SSSR count). The molecule has 21 heavy (non-hydrogen) atoms. The van der Waals surface area contributed by atoms with Gasteiger partial charge in [-0.1, -0.05) is 32.1 Å². The van der Waals surface area contributed by atoms with E-state index >= 15 is 0 Å². The molecule has 0 heterocycles. The second-order valence-electron chi connectivity index (χ2n) is 5.74. The van der Waals surface area contributed by atoms with Crippen molar-refractivity contribution in [3.63, 3.8) is 0 Å². The Morgan fingerprint density at radius 1 is 1.00 bits per heavy atom. The third kappa shape index (κ3) is 4.03. The van der Waals surface area contributed by atoms with Crippen molar-refractivity contribution in [2.45, 2.75) is 50.3 Å². The van der Waals surface area contributed by atoms with Crippen LogP contribution in [-0.4, -0.2) is 14.2 Å². The van der Waals surface area contributed by atoms with Gasteiger partial charge in [0.25, 0.3) is 0 Å². The van der Waals surface area contributed by atoms with Crippen LogP contribution < -0.4 is 9.47 Å². The summed E-state index contributed by atoms with van der Waals surface area (Å²) in [5.41, 5.74) is 0.528. The molecule has 1 unspecified atom stereocenters. The van der Waals surface area contributed by atoms with Crippen LogP contribution >= 0.6 is 11.6 Å². The molecular weight excluding hydrogens is 291 g/mol. The maximum atomic E-state index is 14.3. The molecule has 0 N–H and O–H groups in total. The Bertz CT molecular complexity index is 456. The molecule has 1 aliphatic carbocycles. The van der Waals surface area contributed by atoms with Crippen molar-refractivity contribution in [2.75, 3.05) is 14.2 Å². The van der Waals surface area contributed by atoms with E-state index < -0.39 is 0 Å². The summed E-state index contributed by atoms with van der Waals surface area (Å²) in [5, 5.41) is -0.303. The van der Waals surface area contributed by atoms with E-state index in [-0.39, 0.29) is 11.2 Å². The average molecular weight is 315 g/mol. The Kier molecular flexibility index (Phi) is 6.16. The lowest BCUT2D eigenvalue weighted by Gasteiger charge is -2.25. The summed E-state index contributed by atoms with van der Waals surface area (Å²) in [4.78, 5) is 0. The number of rotatable bonds is 4. The molecule has 0 aliphatic heterocycles. The van der Waals surface area contributed by atoms with Crippen molar-refractivity contribution < 1.29 is 13.9 Å². The summed E-state index contributed by atoms with van der Waals surface area (Å²) in [5.74, 6) is 0.958. The fraction of sp³-hybridized carbons (Fsp3) is 0.647. The van der Waals surface area contributed by atoms with Crippen molar-refractivity contribution in [3.05, 3.63) is 23.5 Å². The average Bonchev–Trinajstić information content (AvgIpc) is 2.46. The third-order valence-electron chi connectivity index (χ3n) is 4.36. The van der Waals surface area contributed by atoms with Gasteiger partial charge in [-0.3, -0.25) is 0 Å². The van der Waals surface area contributed by atoms with Gasteiger partial charge in [0.15, 0.2) is 11.5 Å². The zero-order chi connectivity index (χ0) is 15.2. The van der Waals surface area contributed by atoms with Crippen LogP contribution in [0.3, 0.4) is 0 Å². The SMILES string of the molecule is COc1cc(F)c(C(Cl)C2CCCCCCC2)cc1OC. The van der Waals surface area contributed by atoms with Crippen molar-refractivity contribution in [2.24, 2.45) is 5.92 Å². The van der Waals surface area contributed by atoms with E-state index in [0.717, 1.165) is 12.8 Å². The van der Waals surface area contributed by atoms with E-state index in [1.165, 1.54) is 45.3 Å². The number of benzene rings is 1. The van der Waals surface area contributed by atoms with Gasteiger partial charge in [-0.05, 0) is 24.8 Å². The van der Waals surface area contributed by atoms with E-state index in [1.807, 2.05) is 0 Å². The molecule has 0 spiro atoms. The van der Waals surface area contributed by atoms with Crippen molar-refractivity contribution >= 4 is 11.6 Å². The number of hydrogen-bond donors (Lipinski definition) is 0. The molecule has 0 amide bonds. The molecule has 4 heteroatoms. The summed E-state index contributed by atoms with van der Waals surface area (Å²) in [6.07, 6.45) is 8.34. The maximum absolute atomic E-state index is 14.3. The summed E-state index contributed by atoms with van der Waals surface area (Å²) in [7, 11) is 3.06. The number of ether oxygens (including phenoxy) is 2. The van der Waals surface area contributed by atoms with E-state index in [4.69, 9.17) is 21.1 Å². The summed E-state index contributed by atoms with van der Waals surface area (Å²) in [6, 6.07) is 3.05. The van der Waals surface area contributed by atoms with Gasteiger partial charge in [-0.2, -0.15) is 0 Å². The normalized spacial score (nSPS) is 18.7. The predicted molar refractivity (Wildman–Crippen MR) is 83.9 cm³/mol. The lowest BCUT2D eigenvalue weighted by atomic mass is 9.86. The van der Waals surface area contributed by atoms with Gasteiger partial charge in [0, 0.05) is 11.6 Å². The van der Waals surface area contributed by atoms with Crippen molar-refractivity contribution in [1.29, 1.82) is 0 Å². The zero-order valence-corrected chi connectivity index (χ0v) is 13.6. The van der Waals surface area contributed by atoms with Crippen molar-refractivity contribution in [1.82, 2.24) is 0 Å². The van der Waals surface area contributed by atoms with Gasteiger partial charge in [0.2, 0.25) is 0 Å². The first-order chi connectivity index (χ1) is 10.2. The molecule has 1 fully saturated rings. The highest BCUT2D eigenvalue weighted by Crippen LogP contribution is 2.41. The molecular formula is C17H24ClFO2. The molecule has 0 bridgehead atoms. The Balaban J connectivity index is 2.22. The molecule has 0 saturated heterocycles. The highest BCUT2D eigenvalue weighted by molar-refractivity contribution is 6.21. The third-order valence-corrected chi connectivity index (χ3v) is 4.96. The monoisotopic (exact) mass is 314 g/mol. The van der Waals surface area contributed by atoms with E-state index in [1.54, 1.807) is 13.2 Å². The van der Waals surface area contributed by atoms with Crippen LogP contribution in [0.2, 0.25) is 0 Å². The first kappa shape index (κ1) is 16.4. The smallest absolute Gasteiger partial charge is 0.163 e. The van der Waals surface area contributed by atoms with E-state index in [0.29, 0.717) is 23.0 Å². The van der Waals surface area contributed by atoms with Gasteiger partial charge >= 0.3 is 0 Å². The van der Waals surface area contributed by atoms with Gasteiger partial charge < -0.3 is 9.47 Å². The number of alkyl halides is 1. The van der Waals surface area contributed by atoms with E-state index in [9.17, 15) is 4.39 Å². The van der Waals surface area contributed by atoms with Crippen molar-refractivity contribution in [3.8, 4) is 11.5 Å². The Morgan fingerprint density at radius 2 is 1.52 bits per heavy atom. The highest BCUT2D eigenvalue weighted by atomic mass is 35.5. The highest BCUT2D eigenvalue weighted by Gasteiger charge is 2.25. The van der Waals surface area contributed by atoms with Crippen LogP contribution in [0.25, 0.3) is 0 Å². The fourth-order valence-corrected chi connectivity index (χ4v) is 3.53. The van der Waals surface area contributed by atoms with Crippen LogP contribution in [0.15, 0.2) is 12.1 Å².